The Labute approximate surface area is 399 Å². The van der Waals surface area contributed by atoms with E-state index in [9.17, 15) is 0 Å². The molecule has 3 atom stereocenters. The average Bonchev–Trinajstić information content (AvgIpc) is 3.91. The number of hydrogen-bond donors (Lipinski definition) is 0. The lowest BCUT2D eigenvalue weighted by atomic mass is 10.0. The molecule has 16 rings (SSSR count). The van der Waals surface area contributed by atoms with Crippen molar-refractivity contribution in [1.82, 2.24) is 0 Å². The Balaban J connectivity index is 1.16. The van der Waals surface area contributed by atoms with Crippen LogP contribution in [-0.2, 0) is 11.8 Å². The van der Waals surface area contributed by atoms with E-state index in [1.807, 2.05) is 0 Å². The van der Waals surface area contributed by atoms with Crippen molar-refractivity contribution in [3.8, 4) is 22.1 Å². The Morgan fingerprint density at radius 1 is 0.353 bits per heavy atom. The summed E-state index contributed by atoms with van der Waals surface area (Å²) in [5.74, 6) is 1.76. The number of ether oxygens (including phenoxy) is 1. The summed E-state index contributed by atoms with van der Waals surface area (Å²) in [4.78, 5) is 7.69. The van der Waals surface area contributed by atoms with Crippen LogP contribution >= 0.6 is 21.1 Å². The fraction of sp³-hybridized carbons (Fsp3) is 0. The molecule has 0 fully saturated rings. The quantitative estimate of drug-likeness (QED) is 0.163. The third-order valence-electron chi connectivity index (χ3n) is 14.6. The summed E-state index contributed by atoms with van der Waals surface area (Å²) in [6, 6.07) is 78.0. The summed E-state index contributed by atoms with van der Waals surface area (Å²) in [5, 5.41) is 16.7. The first kappa shape index (κ1) is 37.7. The molecule has 3 unspecified atom stereocenters. The van der Waals surface area contributed by atoms with Gasteiger partial charge in [-0.25, -0.2) is 0 Å². The smallest absolute Gasteiger partial charge is 0.139 e. The van der Waals surface area contributed by atoms with Crippen LogP contribution in [0.3, 0.4) is 0 Å². The Morgan fingerprint density at radius 3 is 1.32 bits per heavy atom. The van der Waals surface area contributed by atoms with E-state index >= 15 is 0 Å². The highest BCUT2D eigenvalue weighted by atomic mass is 32.4. The SMILES string of the molecule is S=P12c3c4ccc5c3N(c3ccccc3N5c3ccccc3)c3c1c(cc1c5ccccc5p(-c5ccccc5)c31)Oc1cc3c5ccccc5p(-c5ccccc5)c3c(c12)N4c1ccccc1. The summed E-state index contributed by atoms with van der Waals surface area (Å²) < 4.78 is 7.69. The van der Waals surface area contributed by atoms with Gasteiger partial charge in [0.1, 0.15) is 11.5 Å². The molecule has 4 aliphatic heterocycles. The predicted octanol–water partition coefficient (Wildman–Crippen LogP) is 17.5. The van der Waals surface area contributed by atoms with E-state index in [0.717, 1.165) is 45.6 Å². The summed E-state index contributed by atoms with van der Waals surface area (Å²) >= 11 is 7.93. The lowest BCUT2D eigenvalue weighted by Crippen LogP contribution is -2.46. The van der Waals surface area contributed by atoms with Gasteiger partial charge in [0.25, 0.3) is 0 Å². The third kappa shape index (κ3) is 4.65. The van der Waals surface area contributed by atoms with E-state index in [2.05, 4.69) is 233 Å². The first-order valence-corrected chi connectivity index (χ1v) is 28.5. The topological polar surface area (TPSA) is 19.0 Å². The van der Waals surface area contributed by atoms with Crippen molar-refractivity contribution in [2.24, 2.45) is 0 Å². The van der Waals surface area contributed by atoms with Crippen LogP contribution in [0.5, 0.6) is 11.5 Å². The molecule has 0 spiro atoms. The van der Waals surface area contributed by atoms with Gasteiger partial charge in [-0.15, -0.1) is 0 Å². The molecule has 4 aliphatic rings. The lowest BCUT2D eigenvalue weighted by molar-refractivity contribution is 0.490. The number of para-hydroxylation sites is 4. The minimum Gasteiger partial charge on any atom is -0.456 e. The largest absolute Gasteiger partial charge is 0.456 e. The van der Waals surface area contributed by atoms with E-state index in [1.165, 1.54) is 85.6 Å². The zero-order valence-corrected chi connectivity index (χ0v) is 39.8. The van der Waals surface area contributed by atoms with Gasteiger partial charge < -0.3 is 19.4 Å². The standard InChI is InChI=1S/C60H36N3OP3S/c68-67-58-48-34-33-47-53(58)63(46-30-16-15-29-45(46)61(47)37-19-5-1-6-20-37)55-57-44(42-28-14-18-32-52(42)66(57)40-25-11-4-12-26-40)36-50(60(55)67)64-49-35-43-41-27-13-17-31-51(41)65(39-23-9-3-10-24-39)56(43)54(59(49)67)62(48)38-21-7-2-8-22-38/h1-36H. The zero-order valence-electron chi connectivity index (χ0n) is 36.3. The molecule has 2 aromatic heterocycles. The molecule has 0 amide bonds. The van der Waals surface area contributed by atoms with Gasteiger partial charge in [0.05, 0.1) is 56.5 Å². The van der Waals surface area contributed by atoms with Crippen LogP contribution < -0.4 is 35.4 Å². The summed E-state index contributed by atoms with van der Waals surface area (Å²) in [7, 11) is -1.98. The van der Waals surface area contributed by atoms with E-state index in [4.69, 9.17) is 16.5 Å². The first-order valence-electron chi connectivity index (χ1n) is 23.1. The van der Waals surface area contributed by atoms with Gasteiger partial charge in [0, 0.05) is 47.9 Å². The number of hydrogen-bond acceptors (Lipinski definition) is 5. The maximum atomic E-state index is 7.93. The maximum Gasteiger partial charge on any atom is 0.139 e. The summed E-state index contributed by atoms with van der Waals surface area (Å²) in [6.45, 7) is 0. The van der Waals surface area contributed by atoms with Crippen LogP contribution in [0.4, 0.5) is 51.2 Å². The molecule has 0 bridgehead atoms. The average molecular weight is 940 g/mol. The van der Waals surface area contributed by atoms with Gasteiger partial charge in [-0.2, -0.15) is 0 Å². The maximum absolute atomic E-state index is 7.93. The number of anilines is 9. The third-order valence-corrected chi connectivity index (χ3v) is 24.6. The Morgan fingerprint density at radius 2 is 0.779 bits per heavy atom. The molecule has 4 nitrogen and oxygen atoms in total. The fourth-order valence-electron chi connectivity index (χ4n) is 12.1. The van der Waals surface area contributed by atoms with Crippen molar-refractivity contribution < 1.29 is 4.74 Å². The van der Waals surface area contributed by atoms with Crippen molar-refractivity contribution in [2.45, 2.75) is 0 Å². The van der Waals surface area contributed by atoms with Gasteiger partial charge in [0.15, 0.2) is 0 Å². The second-order valence-electron chi connectivity index (χ2n) is 18.0. The van der Waals surface area contributed by atoms with Crippen molar-refractivity contribution in [3.05, 3.63) is 218 Å². The number of nitrogens with zero attached hydrogens (tertiary/aromatic N) is 3. The highest BCUT2D eigenvalue weighted by Crippen LogP contribution is 2.74. The van der Waals surface area contributed by atoms with Gasteiger partial charge in [-0.05, 0) is 82.0 Å². The van der Waals surface area contributed by atoms with Crippen molar-refractivity contribution in [3.63, 3.8) is 0 Å². The van der Waals surface area contributed by atoms with Crippen LogP contribution in [0, 0.1) is 0 Å². The number of rotatable bonds is 4. The molecule has 6 heterocycles. The summed E-state index contributed by atoms with van der Waals surface area (Å²) in [5.41, 5.74) is 10.3. The molecule has 10 aromatic carbocycles. The Bertz CT molecular complexity index is 4210. The lowest BCUT2D eigenvalue weighted by Gasteiger charge is -2.52. The molecular formula is C60H36N3OP3S. The molecule has 8 heteroatoms. The molecule has 68 heavy (non-hydrogen) atoms. The molecule has 12 aromatic rings. The Hall–Kier alpha value is -7.35. The van der Waals surface area contributed by atoms with Gasteiger partial charge in [-0.3, -0.25) is 0 Å². The molecule has 0 N–H and O–H groups in total. The van der Waals surface area contributed by atoms with Crippen LogP contribution in [0.15, 0.2) is 218 Å². The second-order valence-corrected chi connectivity index (χ2v) is 26.4. The van der Waals surface area contributed by atoms with Crippen LogP contribution in [0.2, 0.25) is 0 Å². The van der Waals surface area contributed by atoms with Gasteiger partial charge in [0.2, 0.25) is 0 Å². The molecule has 0 radical (unpaired) electrons. The van der Waals surface area contributed by atoms with E-state index in [1.54, 1.807) is 0 Å². The molecular weight excluding hydrogens is 904 g/mol. The van der Waals surface area contributed by atoms with Crippen molar-refractivity contribution in [2.75, 3.05) is 14.7 Å². The monoisotopic (exact) mass is 939 g/mol. The second kappa shape index (κ2) is 13.6. The highest BCUT2D eigenvalue weighted by molar-refractivity contribution is 8.26. The normalized spacial score (nSPS) is 16.3. The minimum atomic E-state index is -2.99. The van der Waals surface area contributed by atoms with E-state index in [-0.39, 0.29) is 0 Å². The van der Waals surface area contributed by atoms with Gasteiger partial charge in [-0.1, -0.05) is 185 Å². The molecule has 0 aliphatic carbocycles. The van der Waals surface area contributed by atoms with Crippen molar-refractivity contribution in [1.29, 1.82) is 0 Å². The predicted molar refractivity (Wildman–Crippen MR) is 295 cm³/mol. The molecule has 0 saturated carbocycles. The zero-order chi connectivity index (χ0) is 44.4. The van der Waals surface area contributed by atoms with Gasteiger partial charge >= 0.3 is 0 Å². The van der Waals surface area contributed by atoms with Crippen molar-refractivity contribution >= 4 is 142 Å². The number of fused-ring (bicyclic) bond motifs is 11. The minimum absolute atomic E-state index is 0.880. The Kier molecular flexibility index (Phi) is 7.56. The fourth-order valence-corrected chi connectivity index (χ4v) is 22.9. The van der Waals surface area contributed by atoms with Crippen LogP contribution in [-0.4, -0.2) is 0 Å². The molecule has 318 valence electrons. The van der Waals surface area contributed by atoms with Crippen LogP contribution in [0.25, 0.3) is 52.6 Å². The first-order chi connectivity index (χ1) is 33.7. The van der Waals surface area contributed by atoms with Crippen LogP contribution in [0.1, 0.15) is 0 Å². The highest BCUT2D eigenvalue weighted by Gasteiger charge is 2.55. The summed E-state index contributed by atoms with van der Waals surface area (Å²) in [6.07, 6.45) is 0. The van der Waals surface area contributed by atoms with E-state index < -0.39 is 21.1 Å². The number of benzene rings is 10. The van der Waals surface area contributed by atoms with E-state index in [0.29, 0.717) is 0 Å². The molecule has 0 saturated heterocycles.